The van der Waals surface area contributed by atoms with Crippen molar-refractivity contribution in [1.29, 1.82) is 0 Å². The minimum Gasteiger partial charge on any atom is -0.460 e. The van der Waals surface area contributed by atoms with E-state index in [1.807, 2.05) is 6.92 Å². The summed E-state index contributed by atoms with van der Waals surface area (Å²) >= 11 is 0. The van der Waals surface area contributed by atoms with E-state index in [9.17, 15) is 9.59 Å². The SMILES string of the molecule is CCCCOC(=O)C(C(=O)OCc1ccc2c(c1)OCO2)[n+]1ccccc1. The molecule has 2 heterocycles. The van der Waals surface area contributed by atoms with Gasteiger partial charge in [-0.2, -0.15) is 4.57 Å². The Morgan fingerprint density at radius 1 is 1.07 bits per heavy atom. The van der Waals surface area contributed by atoms with Gasteiger partial charge in [-0.25, -0.2) is 9.59 Å². The Morgan fingerprint density at radius 3 is 2.59 bits per heavy atom. The number of pyridine rings is 1. The maximum atomic E-state index is 12.6. The van der Waals surface area contributed by atoms with Gasteiger partial charge in [-0.05, 0) is 24.1 Å². The summed E-state index contributed by atoms with van der Waals surface area (Å²) in [5.74, 6) is -0.0421. The molecule has 0 amide bonds. The molecule has 0 fully saturated rings. The lowest BCUT2D eigenvalue weighted by molar-refractivity contribution is -0.699. The van der Waals surface area contributed by atoms with Crippen molar-refractivity contribution in [3.8, 4) is 11.5 Å². The Kier molecular flexibility index (Phi) is 6.25. The second kappa shape index (κ2) is 9.02. The van der Waals surface area contributed by atoms with Crippen molar-refractivity contribution < 1.29 is 33.1 Å². The molecule has 0 bridgehead atoms. The first kappa shape index (κ1) is 18.7. The molecule has 0 radical (unpaired) electrons. The molecule has 7 heteroatoms. The number of nitrogens with zero attached hydrogens (tertiary/aromatic N) is 1. The molecule has 0 saturated heterocycles. The standard InChI is InChI=1S/C20H22NO6/c1-2-3-11-24-19(22)18(21-9-5-4-6-10-21)20(23)25-13-15-7-8-16-17(12-15)27-14-26-16/h4-10,12,18H,2-3,11,13-14H2,1H3/q+1. The van der Waals surface area contributed by atoms with Crippen molar-refractivity contribution in [2.24, 2.45) is 0 Å². The van der Waals surface area contributed by atoms with Gasteiger partial charge in [-0.1, -0.05) is 25.5 Å². The number of esters is 2. The van der Waals surface area contributed by atoms with Gasteiger partial charge in [0.1, 0.15) is 6.61 Å². The normalized spacial score (nSPS) is 13.1. The number of rotatable bonds is 8. The Bertz CT molecular complexity index is 792. The molecule has 0 spiro atoms. The highest BCUT2D eigenvalue weighted by Crippen LogP contribution is 2.32. The van der Waals surface area contributed by atoms with Crippen LogP contribution in [0.4, 0.5) is 0 Å². The fourth-order valence-corrected chi connectivity index (χ4v) is 2.58. The summed E-state index contributed by atoms with van der Waals surface area (Å²) in [7, 11) is 0. The molecule has 2 aromatic rings. The van der Waals surface area contributed by atoms with Gasteiger partial charge in [0.2, 0.25) is 6.79 Å². The molecule has 7 nitrogen and oxygen atoms in total. The average molecular weight is 372 g/mol. The highest BCUT2D eigenvalue weighted by atomic mass is 16.7. The molecule has 1 atom stereocenters. The summed E-state index contributed by atoms with van der Waals surface area (Å²) in [6.07, 6.45) is 4.90. The number of hydrogen-bond donors (Lipinski definition) is 0. The summed E-state index contributed by atoms with van der Waals surface area (Å²) in [5.41, 5.74) is 0.740. The van der Waals surface area contributed by atoms with Crippen molar-refractivity contribution in [3.05, 3.63) is 54.4 Å². The zero-order valence-electron chi connectivity index (χ0n) is 15.1. The first-order valence-electron chi connectivity index (χ1n) is 8.86. The number of benzene rings is 1. The van der Waals surface area contributed by atoms with Crippen LogP contribution in [0.5, 0.6) is 11.5 Å². The minimum atomic E-state index is -1.18. The summed E-state index contributed by atoms with van der Waals surface area (Å²) in [5, 5.41) is 0. The minimum absolute atomic E-state index is 0.0155. The topological polar surface area (TPSA) is 74.9 Å². The van der Waals surface area contributed by atoms with Gasteiger partial charge < -0.3 is 18.9 Å². The lowest BCUT2D eigenvalue weighted by Crippen LogP contribution is -2.49. The van der Waals surface area contributed by atoms with Crippen molar-refractivity contribution in [2.45, 2.75) is 32.4 Å². The monoisotopic (exact) mass is 372 g/mol. The third kappa shape index (κ3) is 4.75. The van der Waals surface area contributed by atoms with E-state index < -0.39 is 18.0 Å². The van der Waals surface area contributed by atoms with Crippen LogP contribution in [0, 0.1) is 0 Å². The molecular weight excluding hydrogens is 350 g/mol. The van der Waals surface area contributed by atoms with E-state index in [0.29, 0.717) is 11.5 Å². The number of carbonyl (C=O) groups excluding carboxylic acids is 2. The Balaban J connectivity index is 1.68. The van der Waals surface area contributed by atoms with E-state index in [2.05, 4.69) is 0 Å². The van der Waals surface area contributed by atoms with Crippen LogP contribution in [0.1, 0.15) is 31.4 Å². The second-order valence-electron chi connectivity index (χ2n) is 6.04. The lowest BCUT2D eigenvalue weighted by atomic mass is 10.2. The number of ether oxygens (including phenoxy) is 4. The largest absolute Gasteiger partial charge is 0.460 e. The number of aromatic nitrogens is 1. The van der Waals surface area contributed by atoms with Crippen LogP contribution >= 0.6 is 0 Å². The molecule has 1 aliphatic rings. The van der Waals surface area contributed by atoms with E-state index in [1.54, 1.807) is 48.8 Å². The molecule has 0 saturated carbocycles. The van der Waals surface area contributed by atoms with Gasteiger partial charge in [0, 0.05) is 12.1 Å². The van der Waals surface area contributed by atoms with Crippen LogP contribution in [0.2, 0.25) is 0 Å². The maximum Gasteiger partial charge on any atom is 0.388 e. The Morgan fingerprint density at radius 2 is 1.81 bits per heavy atom. The summed E-state index contributed by atoms with van der Waals surface area (Å²) in [6.45, 7) is 2.46. The molecule has 3 rings (SSSR count). The molecule has 142 valence electrons. The first-order valence-corrected chi connectivity index (χ1v) is 8.86. The fraction of sp³-hybridized carbons (Fsp3) is 0.350. The smallest absolute Gasteiger partial charge is 0.388 e. The summed E-state index contributed by atoms with van der Waals surface area (Å²) in [4.78, 5) is 25.1. The van der Waals surface area contributed by atoms with Crippen LogP contribution in [0.3, 0.4) is 0 Å². The van der Waals surface area contributed by atoms with Crippen LogP contribution in [0.15, 0.2) is 48.8 Å². The van der Waals surface area contributed by atoms with E-state index in [0.717, 1.165) is 18.4 Å². The molecule has 1 aromatic heterocycles. The number of fused-ring (bicyclic) bond motifs is 1. The third-order valence-corrected chi connectivity index (χ3v) is 4.04. The zero-order valence-corrected chi connectivity index (χ0v) is 15.1. The molecule has 1 unspecified atom stereocenters. The van der Waals surface area contributed by atoms with Crippen LogP contribution in [-0.4, -0.2) is 25.3 Å². The molecular formula is C20H22NO6+. The Labute approximate surface area is 157 Å². The molecule has 1 aliphatic heterocycles. The van der Waals surface area contributed by atoms with E-state index >= 15 is 0 Å². The maximum absolute atomic E-state index is 12.6. The van der Waals surface area contributed by atoms with Crippen molar-refractivity contribution >= 4 is 11.9 Å². The Hall–Kier alpha value is -3.09. The lowest BCUT2D eigenvalue weighted by Gasteiger charge is -2.12. The van der Waals surface area contributed by atoms with Crippen LogP contribution in [-0.2, 0) is 25.7 Å². The number of hydrogen-bond acceptors (Lipinski definition) is 6. The van der Waals surface area contributed by atoms with Crippen molar-refractivity contribution in [3.63, 3.8) is 0 Å². The molecule has 27 heavy (non-hydrogen) atoms. The average Bonchev–Trinajstić information content (AvgIpc) is 3.15. The predicted molar refractivity (Wildman–Crippen MR) is 93.9 cm³/mol. The van der Waals surface area contributed by atoms with Gasteiger partial charge in [-0.15, -0.1) is 0 Å². The highest BCUT2D eigenvalue weighted by molar-refractivity contribution is 5.95. The molecule has 0 aliphatic carbocycles. The van der Waals surface area contributed by atoms with Gasteiger partial charge in [0.05, 0.1) is 6.61 Å². The van der Waals surface area contributed by atoms with Gasteiger partial charge in [-0.3, -0.25) is 0 Å². The number of unbranched alkanes of at least 4 members (excludes halogenated alkanes) is 1. The quantitative estimate of drug-likeness (QED) is 0.306. The van der Waals surface area contributed by atoms with Crippen LogP contribution in [0.25, 0.3) is 0 Å². The fourth-order valence-electron chi connectivity index (χ4n) is 2.58. The number of carbonyl (C=O) groups is 2. The van der Waals surface area contributed by atoms with Gasteiger partial charge in [0.15, 0.2) is 23.9 Å². The zero-order chi connectivity index (χ0) is 19.1. The van der Waals surface area contributed by atoms with Crippen LogP contribution < -0.4 is 14.0 Å². The van der Waals surface area contributed by atoms with E-state index in [1.165, 1.54) is 4.57 Å². The van der Waals surface area contributed by atoms with E-state index in [4.69, 9.17) is 18.9 Å². The first-order chi connectivity index (χ1) is 13.2. The predicted octanol–water partition coefficient (Wildman–Crippen LogP) is 2.33. The van der Waals surface area contributed by atoms with Crippen molar-refractivity contribution in [1.82, 2.24) is 0 Å². The second-order valence-corrected chi connectivity index (χ2v) is 6.04. The highest BCUT2D eigenvalue weighted by Gasteiger charge is 2.38. The van der Waals surface area contributed by atoms with Gasteiger partial charge >= 0.3 is 18.0 Å². The summed E-state index contributed by atoms with van der Waals surface area (Å²) in [6, 6.07) is 9.37. The van der Waals surface area contributed by atoms with E-state index in [-0.39, 0.29) is 20.0 Å². The molecule has 1 aromatic carbocycles. The third-order valence-electron chi connectivity index (χ3n) is 4.04. The van der Waals surface area contributed by atoms with Crippen molar-refractivity contribution in [2.75, 3.05) is 13.4 Å². The van der Waals surface area contributed by atoms with Gasteiger partial charge in [0.25, 0.3) is 0 Å². The molecule has 0 N–H and O–H groups in total. The summed E-state index contributed by atoms with van der Waals surface area (Å²) < 4.78 is 22.7.